The van der Waals surface area contributed by atoms with Crippen molar-refractivity contribution in [3.63, 3.8) is 0 Å². The molecule has 1 atom stereocenters. The largest absolute Gasteiger partial charge is 0.491 e. The van der Waals surface area contributed by atoms with Crippen molar-refractivity contribution in [1.29, 1.82) is 0 Å². The first-order valence-electron chi connectivity index (χ1n) is 7.76. The molecule has 21 heavy (non-hydrogen) atoms. The number of rotatable bonds is 12. The molecule has 1 unspecified atom stereocenters. The van der Waals surface area contributed by atoms with Crippen molar-refractivity contribution in [2.45, 2.75) is 51.6 Å². The van der Waals surface area contributed by atoms with E-state index in [4.69, 9.17) is 14.6 Å². The van der Waals surface area contributed by atoms with Crippen LogP contribution in [0.5, 0.6) is 5.75 Å². The zero-order valence-corrected chi connectivity index (χ0v) is 12.8. The number of carboxylic acid groups (broad SMARTS) is 1. The zero-order chi connectivity index (χ0) is 15.3. The zero-order valence-electron chi connectivity index (χ0n) is 12.8. The first-order valence-corrected chi connectivity index (χ1v) is 7.76. The van der Waals surface area contributed by atoms with Crippen LogP contribution in [0.25, 0.3) is 0 Å². The van der Waals surface area contributed by atoms with E-state index in [2.05, 4.69) is 6.92 Å². The van der Waals surface area contributed by atoms with Crippen LogP contribution in [0.3, 0.4) is 0 Å². The third-order valence-corrected chi connectivity index (χ3v) is 3.26. The van der Waals surface area contributed by atoms with Crippen LogP contribution in [0.4, 0.5) is 0 Å². The molecule has 0 amide bonds. The average Bonchev–Trinajstić information content (AvgIpc) is 2.50. The van der Waals surface area contributed by atoms with Crippen LogP contribution in [0, 0.1) is 0 Å². The second kappa shape index (κ2) is 11.1. The van der Waals surface area contributed by atoms with Gasteiger partial charge in [0.1, 0.15) is 12.4 Å². The van der Waals surface area contributed by atoms with Crippen LogP contribution in [0.2, 0.25) is 0 Å². The molecule has 0 spiro atoms. The van der Waals surface area contributed by atoms with Crippen LogP contribution in [0.1, 0.15) is 45.4 Å². The van der Waals surface area contributed by atoms with Gasteiger partial charge >= 0.3 is 5.97 Å². The number of carbonyl (C=O) groups is 1. The van der Waals surface area contributed by atoms with Crippen molar-refractivity contribution in [3.8, 4) is 5.75 Å². The molecule has 4 nitrogen and oxygen atoms in total. The Balaban J connectivity index is 2.14. The van der Waals surface area contributed by atoms with E-state index in [9.17, 15) is 4.79 Å². The third kappa shape index (κ3) is 8.35. The first-order chi connectivity index (χ1) is 10.2. The van der Waals surface area contributed by atoms with Crippen LogP contribution in [-0.4, -0.2) is 30.4 Å². The van der Waals surface area contributed by atoms with Gasteiger partial charge in [0.05, 0.1) is 6.61 Å². The molecule has 0 heterocycles. The Bertz CT molecular complexity index is 378. The van der Waals surface area contributed by atoms with Crippen molar-refractivity contribution in [1.82, 2.24) is 0 Å². The number of benzene rings is 1. The van der Waals surface area contributed by atoms with E-state index in [-0.39, 0.29) is 0 Å². The van der Waals surface area contributed by atoms with Gasteiger partial charge in [0, 0.05) is 0 Å². The van der Waals surface area contributed by atoms with Crippen LogP contribution < -0.4 is 4.74 Å². The number of hydrogen-bond donors (Lipinski definition) is 1. The van der Waals surface area contributed by atoms with Crippen molar-refractivity contribution in [2.24, 2.45) is 0 Å². The predicted octanol–water partition coefficient (Wildman–Crippen LogP) is 3.90. The van der Waals surface area contributed by atoms with Crippen LogP contribution in [0.15, 0.2) is 30.3 Å². The summed E-state index contributed by atoms with van der Waals surface area (Å²) in [7, 11) is 0. The fraction of sp³-hybridized carbons (Fsp3) is 0.588. The molecule has 1 rings (SSSR count). The number of ether oxygens (including phenoxy) is 2. The van der Waals surface area contributed by atoms with Gasteiger partial charge in [-0.25, -0.2) is 4.79 Å². The molecular weight excluding hydrogens is 268 g/mol. The van der Waals surface area contributed by atoms with Gasteiger partial charge in [0.2, 0.25) is 0 Å². The van der Waals surface area contributed by atoms with Crippen molar-refractivity contribution in [2.75, 3.05) is 13.2 Å². The van der Waals surface area contributed by atoms with E-state index in [1.807, 2.05) is 30.3 Å². The van der Waals surface area contributed by atoms with Crippen LogP contribution in [-0.2, 0) is 9.53 Å². The predicted molar refractivity (Wildman–Crippen MR) is 82.7 cm³/mol. The monoisotopic (exact) mass is 294 g/mol. The van der Waals surface area contributed by atoms with Gasteiger partial charge in [-0.15, -0.1) is 0 Å². The summed E-state index contributed by atoms with van der Waals surface area (Å²) >= 11 is 0. The third-order valence-electron chi connectivity index (χ3n) is 3.26. The lowest BCUT2D eigenvalue weighted by Crippen LogP contribution is -2.26. The second-order valence-electron chi connectivity index (χ2n) is 5.06. The fourth-order valence-electron chi connectivity index (χ4n) is 2.08. The number of carboxylic acids is 1. The second-order valence-corrected chi connectivity index (χ2v) is 5.06. The number of unbranched alkanes of at least 4 members (excludes halogenated alkanes) is 4. The Morgan fingerprint density at radius 2 is 1.81 bits per heavy atom. The Hall–Kier alpha value is -1.55. The first kappa shape index (κ1) is 17.5. The summed E-state index contributed by atoms with van der Waals surface area (Å²) < 4.78 is 10.9. The van der Waals surface area contributed by atoms with E-state index in [0.717, 1.165) is 18.6 Å². The summed E-state index contributed by atoms with van der Waals surface area (Å²) in [5, 5.41) is 9.13. The topological polar surface area (TPSA) is 55.8 Å². The maximum absolute atomic E-state index is 11.1. The molecule has 1 N–H and O–H groups in total. The number of aliphatic carboxylic acids is 1. The van der Waals surface area contributed by atoms with Crippen molar-refractivity contribution in [3.05, 3.63) is 30.3 Å². The van der Waals surface area contributed by atoms with E-state index in [1.54, 1.807) is 0 Å². The van der Waals surface area contributed by atoms with E-state index >= 15 is 0 Å². The highest BCUT2D eigenvalue weighted by molar-refractivity contribution is 5.72. The lowest BCUT2D eigenvalue weighted by molar-refractivity contribution is -0.151. The van der Waals surface area contributed by atoms with Gasteiger partial charge in [0.15, 0.2) is 6.10 Å². The highest BCUT2D eigenvalue weighted by Crippen LogP contribution is 2.11. The molecule has 0 aliphatic carbocycles. The summed E-state index contributed by atoms with van der Waals surface area (Å²) in [6, 6.07) is 9.44. The molecule has 0 bridgehead atoms. The molecule has 0 aromatic heterocycles. The quantitative estimate of drug-likeness (QED) is 0.594. The van der Waals surface area contributed by atoms with Gasteiger partial charge in [0.25, 0.3) is 0 Å². The highest BCUT2D eigenvalue weighted by Gasteiger charge is 2.17. The Kier molecular flexibility index (Phi) is 9.29. The average molecular weight is 294 g/mol. The summed E-state index contributed by atoms with van der Waals surface area (Å²) in [4.78, 5) is 11.1. The minimum absolute atomic E-state index is 0.292. The van der Waals surface area contributed by atoms with Gasteiger partial charge < -0.3 is 14.6 Å². The molecule has 1 aromatic carbocycles. The lowest BCUT2D eigenvalue weighted by atomic mass is 10.1. The minimum Gasteiger partial charge on any atom is -0.491 e. The van der Waals surface area contributed by atoms with E-state index < -0.39 is 12.1 Å². The van der Waals surface area contributed by atoms with E-state index in [0.29, 0.717) is 19.6 Å². The Labute approximate surface area is 127 Å². The normalized spacial score (nSPS) is 12.0. The Morgan fingerprint density at radius 3 is 2.48 bits per heavy atom. The van der Waals surface area contributed by atoms with Gasteiger partial charge in [-0.1, -0.05) is 57.2 Å². The maximum atomic E-state index is 11.1. The van der Waals surface area contributed by atoms with Crippen molar-refractivity contribution >= 4 is 5.97 Å². The Morgan fingerprint density at radius 1 is 1.10 bits per heavy atom. The lowest BCUT2D eigenvalue weighted by Gasteiger charge is -2.14. The molecule has 4 heteroatoms. The molecule has 0 aliphatic rings. The SMILES string of the molecule is CCCCCCCC(OCCOc1ccccc1)C(=O)O. The van der Waals surface area contributed by atoms with Gasteiger partial charge in [-0.05, 0) is 18.6 Å². The summed E-state index contributed by atoms with van der Waals surface area (Å²) in [6.07, 6.45) is 5.40. The number of para-hydroxylation sites is 1. The molecule has 0 radical (unpaired) electrons. The summed E-state index contributed by atoms with van der Waals surface area (Å²) in [6.45, 7) is 2.82. The molecule has 0 aliphatic heterocycles. The molecule has 118 valence electrons. The molecular formula is C17H26O4. The standard InChI is InChI=1S/C17H26O4/c1-2-3-4-5-9-12-16(17(18)19)21-14-13-20-15-10-7-6-8-11-15/h6-8,10-11,16H,2-5,9,12-14H2,1H3,(H,18,19). The smallest absolute Gasteiger partial charge is 0.332 e. The fourth-order valence-corrected chi connectivity index (χ4v) is 2.08. The van der Waals surface area contributed by atoms with Gasteiger partial charge in [-0.2, -0.15) is 0 Å². The minimum atomic E-state index is -0.884. The summed E-state index contributed by atoms with van der Waals surface area (Å²) in [5.41, 5.74) is 0. The molecule has 1 aromatic rings. The maximum Gasteiger partial charge on any atom is 0.332 e. The molecule has 0 fully saturated rings. The summed E-state index contributed by atoms with van der Waals surface area (Å²) in [5.74, 6) is -0.113. The molecule has 0 saturated heterocycles. The highest BCUT2D eigenvalue weighted by atomic mass is 16.5. The van der Waals surface area contributed by atoms with Crippen molar-refractivity contribution < 1.29 is 19.4 Å². The van der Waals surface area contributed by atoms with Crippen LogP contribution >= 0.6 is 0 Å². The number of hydrogen-bond acceptors (Lipinski definition) is 3. The van der Waals surface area contributed by atoms with E-state index in [1.165, 1.54) is 19.3 Å². The van der Waals surface area contributed by atoms with Gasteiger partial charge in [-0.3, -0.25) is 0 Å². The molecule has 0 saturated carbocycles.